The lowest BCUT2D eigenvalue weighted by Gasteiger charge is -2.22. The lowest BCUT2D eigenvalue weighted by Crippen LogP contribution is -2.22. The number of anilines is 1. The van der Waals surface area contributed by atoms with Crippen LogP contribution in [0.15, 0.2) is 48.5 Å². The fourth-order valence-corrected chi connectivity index (χ4v) is 3.04. The summed E-state index contributed by atoms with van der Waals surface area (Å²) in [6.07, 6.45) is 1.06. The second kappa shape index (κ2) is 5.63. The summed E-state index contributed by atoms with van der Waals surface area (Å²) in [5.41, 5.74) is 8.65. The van der Waals surface area contributed by atoms with Gasteiger partial charge in [-0.1, -0.05) is 42.5 Å². The third-order valence-electron chi connectivity index (χ3n) is 4.07. The minimum absolute atomic E-state index is 0.165. The van der Waals surface area contributed by atoms with Gasteiger partial charge in [0, 0.05) is 25.6 Å². The van der Waals surface area contributed by atoms with E-state index in [0.29, 0.717) is 18.2 Å². The molecule has 0 amide bonds. The van der Waals surface area contributed by atoms with Gasteiger partial charge in [-0.15, -0.1) is 0 Å². The van der Waals surface area contributed by atoms with Crippen LogP contribution in [-0.4, -0.2) is 13.1 Å². The molecular weight excluding hydrogens is 251 g/mol. The molecule has 1 atom stereocenters. The van der Waals surface area contributed by atoms with Crippen LogP contribution in [0.5, 0.6) is 0 Å². The Kier molecular flexibility index (Phi) is 3.70. The minimum atomic E-state index is -0.165. The van der Waals surface area contributed by atoms with Gasteiger partial charge < -0.3 is 10.6 Å². The molecule has 2 aromatic rings. The van der Waals surface area contributed by atoms with Crippen LogP contribution in [0, 0.1) is 5.82 Å². The van der Waals surface area contributed by atoms with Gasteiger partial charge in [0.1, 0.15) is 5.82 Å². The van der Waals surface area contributed by atoms with Gasteiger partial charge in [-0.25, -0.2) is 4.39 Å². The summed E-state index contributed by atoms with van der Waals surface area (Å²) >= 11 is 0. The monoisotopic (exact) mass is 270 g/mol. The van der Waals surface area contributed by atoms with Crippen LogP contribution in [-0.2, 0) is 6.54 Å². The highest BCUT2D eigenvalue weighted by Gasteiger charge is 2.26. The number of halogens is 1. The molecular formula is C17H19FN2. The number of nitrogens with zero attached hydrogens (tertiary/aromatic N) is 1. The predicted octanol–water partition coefficient (Wildman–Crippen LogP) is 3.28. The molecule has 3 rings (SSSR count). The maximum absolute atomic E-state index is 14.1. The van der Waals surface area contributed by atoms with E-state index in [9.17, 15) is 4.39 Å². The Morgan fingerprint density at radius 2 is 1.90 bits per heavy atom. The van der Waals surface area contributed by atoms with E-state index in [1.807, 2.05) is 12.1 Å². The van der Waals surface area contributed by atoms with Crippen molar-refractivity contribution in [2.45, 2.75) is 18.9 Å². The maximum Gasteiger partial charge on any atom is 0.146 e. The van der Waals surface area contributed by atoms with Gasteiger partial charge in [-0.3, -0.25) is 0 Å². The van der Waals surface area contributed by atoms with Gasteiger partial charge in [0.2, 0.25) is 0 Å². The second-order valence-corrected chi connectivity index (χ2v) is 5.29. The van der Waals surface area contributed by atoms with Crippen molar-refractivity contribution in [3.05, 3.63) is 65.5 Å². The Morgan fingerprint density at radius 1 is 1.10 bits per heavy atom. The molecule has 0 aromatic heterocycles. The fraction of sp³-hybridized carbons (Fsp3) is 0.294. The number of rotatable bonds is 3. The second-order valence-electron chi connectivity index (χ2n) is 5.29. The summed E-state index contributed by atoms with van der Waals surface area (Å²) in [6.45, 7) is 2.12. The van der Waals surface area contributed by atoms with Crippen molar-refractivity contribution < 1.29 is 4.39 Å². The third kappa shape index (κ3) is 2.41. The molecule has 1 unspecified atom stereocenters. The molecule has 1 aliphatic heterocycles. The summed E-state index contributed by atoms with van der Waals surface area (Å²) < 4.78 is 14.1. The summed E-state index contributed by atoms with van der Waals surface area (Å²) in [4.78, 5) is 2.13. The van der Waals surface area contributed by atoms with Crippen molar-refractivity contribution in [1.29, 1.82) is 0 Å². The molecule has 0 spiro atoms. The van der Waals surface area contributed by atoms with Crippen LogP contribution < -0.4 is 10.6 Å². The lowest BCUT2D eigenvalue weighted by molar-refractivity contribution is 0.620. The maximum atomic E-state index is 14.1. The summed E-state index contributed by atoms with van der Waals surface area (Å²) in [5.74, 6) is 0.308. The van der Waals surface area contributed by atoms with Crippen LogP contribution in [0.4, 0.5) is 10.1 Å². The Morgan fingerprint density at radius 3 is 2.65 bits per heavy atom. The highest BCUT2D eigenvalue weighted by molar-refractivity contribution is 5.56. The molecule has 0 saturated carbocycles. The smallest absolute Gasteiger partial charge is 0.146 e. The molecule has 1 aliphatic rings. The zero-order valence-corrected chi connectivity index (χ0v) is 11.4. The van der Waals surface area contributed by atoms with Crippen molar-refractivity contribution in [3.63, 3.8) is 0 Å². The van der Waals surface area contributed by atoms with E-state index in [0.717, 1.165) is 25.1 Å². The summed E-state index contributed by atoms with van der Waals surface area (Å²) in [5, 5.41) is 0. The summed E-state index contributed by atoms with van der Waals surface area (Å²) in [7, 11) is 0. The quantitative estimate of drug-likeness (QED) is 0.927. The van der Waals surface area contributed by atoms with E-state index in [1.165, 1.54) is 11.6 Å². The van der Waals surface area contributed by atoms with E-state index < -0.39 is 0 Å². The lowest BCUT2D eigenvalue weighted by atomic mass is 9.99. The number of benzene rings is 2. The highest BCUT2D eigenvalue weighted by atomic mass is 19.1. The number of hydrogen-bond donors (Lipinski definition) is 1. The van der Waals surface area contributed by atoms with Gasteiger partial charge in [0.25, 0.3) is 0 Å². The van der Waals surface area contributed by atoms with Gasteiger partial charge in [-0.2, -0.15) is 0 Å². The van der Waals surface area contributed by atoms with Crippen molar-refractivity contribution in [2.75, 3.05) is 18.0 Å². The molecule has 104 valence electrons. The molecule has 2 nitrogen and oxygen atoms in total. The van der Waals surface area contributed by atoms with E-state index in [2.05, 4.69) is 29.2 Å². The molecule has 3 heteroatoms. The zero-order chi connectivity index (χ0) is 13.9. The highest BCUT2D eigenvalue weighted by Crippen LogP contribution is 2.33. The Balaban J connectivity index is 1.84. The van der Waals surface area contributed by atoms with Gasteiger partial charge in [0.15, 0.2) is 0 Å². The third-order valence-corrected chi connectivity index (χ3v) is 4.07. The molecule has 2 N–H and O–H groups in total. The van der Waals surface area contributed by atoms with Crippen LogP contribution in [0.2, 0.25) is 0 Å². The molecule has 2 aromatic carbocycles. The average molecular weight is 270 g/mol. The van der Waals surface area contributed by atoms with Crippen molar-refractivity contribution in [2.24, 2.45) is 5.73 Å². The van der Waals surface area contributed by atoms with Gasteiger partial charge in [0.05, 0.1) is 5.69 Å². The van der Waals surface area contributed by atoms with Crippen molar-refractivity contribution in [3.8, 4) is 0 Å². The molecule has 0 aliphatic carbocycles. The van der Waals surface area contributed by atoms with Crippen molar-refractivity contribution >= 4 is 5.69 Å². The van der Waals surface area contributed by atoms with E-state index >= 15 is 0 Å². The number of nitrogens with two attached hydrogens (primary N) is 1. The molecule has 0 radical (unpaired) electrons. The van der Waals surface area contributed by atoms with Crippen LogP contribution >= 0.6 is 0 Å². The molecule has 1 fully saturated rings. The van der Waals surface area contributed by atoms with Gasteiger partial charge in [-0.05, 0) is 23.6 Å². The first kappa shape index (κ1) is 13.1. The van der Waals surface area contributed by atoms with Crippen molar-refractivity contribution in [1.82, 2.24) is 0 Å². The molecule has 0 bridgehead atoms. The Hall–Kier alpha value is -1.87. The normalized spacial score (nSPS) is 18.5. The summed E-state index contributed by atoms with van der Waals surface area (Å²) in [6, 6.07) is 15.6. The molecule has 20 heavy (non-hydrogen) atoms. The Bertz CT molecular complexity index is 583. The average Bonchev–Trinajstić information content (AvgIpc) is 2.97. The fourth-order valence-electron chi connectivity index (χ4n) is 3.04. The SMILES string of the molecule is NCc1cccc(F)c1N1CCC(c2ccccc2)C1. The predicted molar refractivity (Wildman–Crippen MR) is 80.3 cm³/mol. The van der Waals surface area contributed by atoms with Crippen LogP contribution in [0.25, 0.3) is 0 Å². The number of hydrogen-bond acceptors (Lipinski definition) is 2. The van der Waals surface area contributed by atoms with Crippen LogP contribution in [0.3, 0.4) is 0 Å². The van der Waals surface area contributed by atoms with Crippen LogP contribution in [0.1, 0.15) is 23.5 Å². The first-order chi connectivity index (χ1) is 9.79. The minimum Gasteiger partial charge on any atom is -0.368 e. The first-order valence-corrected chi connectivity index (χ1v) is 7.07. The standard InChI is InChI=1S/C17H19FN2/c18-16-8-4-7-14(11-19)17(16)20-10-9-15(12-20)13-5-2-1-3-6-13/h1-8,15H,9-12,19H2. The van der Waals surface area contributed by atoms with Gasteiger partial charge >= 0.3 is 0 Å². The molecule has 1 heterocycles. The number of para-hydroxylation sites is 1. The molecule has 1 saturated heterocycles. The Labute approximate surface area is 119 Å². The largest absolute Gasteiger partial charge is 0.368 e. The zero-order valence-electron chi connectivity index (χ0n) is 11.4. The first-order valence-electron chi connectivity index (χ1n) is 7.07. The van der Waals surface area contributed by atoms with E-state index in [-0.39, 0.29) is 5.82 Å². The van der Waals surface area contributed by atoms with E-state index in [1.54, 1.807) is 6.07 Å². The topological polar surface area (TPSA) is 29.3 Å². The van der Waals surface area contributed by atoms with E-state index in [4.69, 9.17) is 5.73 Å².